The molecule has 1 atom stereocenters. The van der Waals surface area contributed by atoms with Crippen LogP contribution in [0.15, 0.2) is 36.5 Å². The van der Waals surface area contributed by atoms with Crippen molar-refractivity contribution in [2.45, 2.75) is 44.5 Å². The molecule has 28 heavy (non-hydrogen) atoms. The fourth-order valence-electron chi connectivity index (χ4n) is 3.53. The average molecular weight is 419 g/mol. The van der Waals surface area contributed by atoms with Gasteiger partial charge in [-0.1, -0.05) is 23.7 Å². The largest absolute Gasteiger partial charge is 0.444 e. The standard InChI is InChI=1S/C22H27ClN2O2S/c1-22(2,3)27-21(26)25-13-10-15-8-9-17(23)19(16(15)11-14-25)20(28-4)18-7-5-6-12-24-18/h5-9,12,20H,10-11,13-14H2,1-4H3. The number of rotatable bonds is 3. The van der Waals surface area contributed by atoms with E-state index in [0.29, 0.717) is 13.1 Å². The van der Waals surface area contributed by atoms with Crippen LogP contribution in [-0.4, -0.2) is 40.9 Å². The molecule has 4 nitrogen and oxygen atoms in total. The van der Waals surface area contributed by atoms with Crippen LogP contribution in [0.1, 0.15) is 48.4 Å². The second kappa shape index (κ2) is 8.75. The van der Waals surface area contributed by atoms with E-state index in [4.69, 9.17) is 16.3 Å². The van der Waals surface area contributed by atoms with Gasteiger partial charge in [-0.3, -0.25) is 4.98 Å². The Bertz CT molecular complexity index is 836. The number of amides is 1. The molecular weight excluding hydrogens is 392 g/mol. The molecule has 150 valence electrons. The van der Waals surface area contributed by atoms with Gasteiger partial charge in [-0.2, -0.15) is 11.8 Å². The first kappa shape index (κ1) is 21.0. The van der Waals surface area contributed by atoms with Crippen molar-refractivity contribution in [3.05, 3.63) is 63.9 Å². The maximum atomic E-state index is 12.5. The van der Waals surface area contributed by atoms with Gasteiger partial charge in [0.15, 0.2) is 0 Å². The number of fused-ring (bicyclic) bond motifs is 1. The Morgan fingerprint density at radius 3 is 2.61 bits per heavy atom. The van der Waals surface area contributed by atoms with E-state index in [1.54, 1.807) is 16.7 Å². The molecule has 0 N–H and O–H groups in total. The van der Waals surface area contributed by atoms with E-state index in [0.717, 1.165) is 29.1 Å². The highest BCUT2D eigenvalue weighted by molar-refractivity contribution is 7.99. The molecule has 0 radical (unpaired) electrons. The van der Waals surface area contributed by atoms with Gasteiger partial charge in [0, 0.05) is 24.3 Å². The number of hydrogen-bond acceptors (Lipinski definition) is 4. The van der Waals surface area contributed by atoms with Crippen molar-refractivity contribution in [2.75, 3.05) is 19.3 Å². The van der Waals surface area contributed by atoms with Crippen LogP contribution in [0, 0.1) is 0 Å². The number of carbonyl (C=O) groups is 1. The van der Waals surface area contributed by atoms with Crippen LogP contribution in [0.2, 0.25) is 5.02 Å². The zero-order valence-electron chi connectivity index (χ0n) is 16.9. The fourth-order valence-corrected chi connectivity index (χ4v) is 4.77. The molecule has 0 saturated heterocycles. The number of pyridine rings is 1. The lowest BCUT2D eigenvalue weighted by Crippen LogP contribution is -2.38. The van der Waals surface area contributed by atoms with Crippen LogP contribution in [-0.2, 0) is 17.6 Å². The first-order chi connectivity index (χ1) is 13.3. The molecule has 3 rings (SSSR count). The molecule has 1 aromatic carbocycles. The third-order valence-corrected chi connectivity index (χ3v) is 6.07. The fraction of sp³-hybridized carbons (Fsp3) is 0.455. The lowest BCUT2D eigenvalue weighted by Gasteiger charge is -2.26. The van der Waals surface area contributed by atoms with Crippen molar-refractivity contribution in [2.24, 2.45) is 0 Å². The summed E-state index contributed by atoms with van der Waals surface area (Å²) in [7, 11) is 0. The number of nitrogens with zero attached hydrogens (tertiary/aromatic N) is 2. The van der Waals surface area contributed by atoms with Gasteiger partial charge in [0.05, 0.1) is 10.9 Å². The maximum Gasteiger partial charge on any atom is 0.410 e. The summed E-state index contributed by atoms with van der Waals surface area (Å²) >= 11 is 8.41. The zero-order valence-corrected chi connectivity index (χ0v) is 18.4. The Morgan fingerprint density at radius 1 is 1.21 bits per heavy atom. The molecule has 0 aliphatic carbocycles. The van der Waals surface area contributed by atoms with Crippen molar-refractivity contribution < 1.29 is 9.53 Å². The van der Waals surface area contributed by atoms with Crippen molar-refractivity contribution in [1.82, 2.24) is 9.88 Å². The quantitative estimate of drug-likeness (QED) is 0.657. The van der Waals surface area contributed by atoms with Gasteiger partial charge in [0.1, 0.15) is 5.60 Å². The van der Waals surface area contributed by atoms with Crippen LogP contribution < -0.4 is 0 Å². The third-order valence-electron chi connectivity index (χ3n) is 4.79. The minimum atomic E-state index is -0.492. The number of carbonyl (C=O) groups excluding carboxylic acids is 1. The molecule has 0 saturated carbocycles. The van der Waals surface area contributed by atoms with Gasteiger partial charge >= 0.3 is 6.09 Å². The molecule has 0 spiro atoms. The van der Waals surface area contributed by atoms with E-state index in [2.05, 4.69) is 17.3 Å². The van der Waals surface area contributed by atoms with Gasteiger partial charge < -0.3 is 9.64 Å². The Balaban J connectivity index is 1.91. The smallest absolute Gasteiger partial charge is 0.410 e. The molecule has 0 fully saturated rings. The number of aromatic nitrogens is 1. The van der Waals surface area contributed by atoms with Crippen molar-refractivity contribution in [3.8, 4) is 0 Å². The molecular formula is C22H27ClN2O2S. The summed E-state index contributed by atoms with van der Waals surface area (Å²) in [6, 6.07) is 10.0. The minimum Gasteiger partial charge on any atom is -0.444 e. The summed E-state index contributed by atoms with van der Waals surface area (Å²) in [5.41, 5.74) is 4.12. The zero-order chi connectivity index (χ0) is 20.3. The number of halogens is 1. The Morgan fingerprint density at radius 2 is 1.96 bits per heavy atom. The molecule has 6 heteroatoms. The highest BCUT2D eigenvalue weighted by Crippen LogP contribution is 2.41. The van der Waals surface area contributed by atoms with Gasteiger partial charge in [0.25, 0.3) is 0 Å². The second-order valence-corrected chi connectivity index (χ2v) is 9.29. The molecule has 2 aromatic rings. The molecule has 1 aromatic heterocycles. The van der Waals surface area contributed by atoms with E-state index < -0.39 is 5.60 Å². The molecule has 0 bridgehead atoms. The van der Waals surface area contributed by atoms with E-state index in [1.165, 1.54) is 11.1 Å². The summed E-state index contributed by atoms with van der Waals surface area (Å²) in [6.07, 6.45) is 5.20. The first-order valence-electron chi connectivity index (χ1n) is 9.52. The topological polar surface area (TPSA) is 42.4 Å². The molecule has 1 unspecified atom stereocenters. The van der Waals surface area contributed by atoms with E-state index >= 15 is 0 Å². The maximum absolute atomic E-state index is 12.5. The molecule has 1 aliphatic heterocycles. The number of benzene rings is 1. The van der Waals surface area contributed by atoms with Crippen LogP contribution >= 0.6 is 23.4 Å². The number of thioether (sulfide) groups is 1. The highest BCUT2D eigenvalue weighted by Gasteiger charge is 2.28. The summed E-state index contributed by atoms with van der Waals surface area (Å²) in [6.45, 7) is 6.96. The molecule has 2 heterocycles. The number of hydrogen-bond donors (Lipinski definition) is 0. The predicted octanol–water partition coefficient (Wildman–Crippen LogP) is 5.52. The lowest BCUT2D eigenvalue weighted by molar-refractivity contribution is 0.0258. The average Bonchev–Trinajstić information content (AvgIpc) is 2.86. The van der Waals surface area contributed by atoms with E-state index in [9.17, 15) is 4.79 Å². The summed E-state index contributed by atoms with van der Waals surface area (Å²) in [5.74, 6) is 0. The van der Waals surface area contributed by atoms with Crippen LogP contribution in [0.25, 0.3) is 0 Å². The predicted molar refractivity (Wildman–Crippen MR) is 116 cm³/mol. The SMILES string of the molecule is CSC(c1ccccn1)c1c(Cl)ccc2c1CCN(C(=O)OC(C)(C)C)CC2. The number of ether oxygens (including phenoxy) is 1. The second-order valence-electron chi connectivity index (χ2n) is 7.94. The highest BCUT2D eigenvalue weighted by atomic mass is 35.5. The Labute approximate surface area is 176 Å². The summed E-state index contributed by atoms with van der Waals surface area (Å²) in [4.78, 5) is 18.9. The van der Waals surface area contributed by atoms with Crippen molar-refractivity contribution in [3.63, 3.8) is 0 Å². The molecule has 1 amide bonds. The normalized spacial score (nSPS) is 15.5. The van der Waals surface area contributed by atoms with Crippen molar-refractivity contribution in [1.29, 1.82) is 0 Å². The Hall–Kier alpha value is -1.72. The van der Waals surface area contributed by atoms with Crippen LogP contribution in [0.3, 0.4) is 0 Å². The Kier molecular flexibility index (Phi) is 6.56. The first-order valence-corrected chi connectivity index (χ1v) is 11.2. The van der Waals surface area contributed by atoms with Gasteiger partial charge in [-0.25, -0.2) is 4.79 Å². The molecule has 1 aliphatic rings. The summed E-state index contributed by atoms with van der Waals surface area (Å²) < 4.78 is 5.57. The van der Waals surface area contributed by atoms with E-state index in [-0.39, 0.29) is 11.3 Å². The lowest BCUT2D eigenvalue weighted by atomic mass is 9.94. The van der Waals surface area contributed by atoms with Crippen LogP contribution in [0.5, 0.6) is 0 Å². The summed E-state index contributed by atoms with van der Waals surface area (Å²) in [5, 5.41) is 0.825. The van der Waals surface area contributed by atoms with Crippen molar-refractivity contribution >= 4 is 29.5 Å². The monoisotopic (exact) mass is 418 g/mol. The van der Waals surface area contributed by atoms with E-state index in [1.807, 2.05) is 51.2 Å². The van der Waals surface area contributed by atoms with Gasteiger partial charge in [-0.15, -0.1) is 0 Å². The minimum absolute atomic E-state index is 0.0664. The van der Waals surface area contributed by atoms with Crippen LogP contribution in [0.4, 0.5) is 4.79 Å². The van der Waals surface area contributed by atoms with Gasteiger partial charge in [0.2, 0.25) is 0 Å². The van der Waals surface area contributed by atoms with Gasteiger partial charge in [-0.05, 0) is 74.8 Å². The third kappa shape index (κ3) is 4.81.